The first kappa shape index (κ1) is 21.7. The molecule has 0 unspecified atom stereocenters. The van der Waals surface area contributed by atoms with Gasteiger partial charge in [-0.1, -0.05) is 29.3 Å². The molecule has 3 aromatic rings. The average molecular weight is 473 g/mol. The summed E-state index contributed by atoms with van der Waals surface area (Å²) < 4.78 is 39.1. The van der Waals surface area contributed by atoms with E-state index in [9.17, 15) is 18.0 Å². The molecule has 0 aliphatic carbocycles. The van der Waals surface area contributed by atoms with Gasteiger partial charge in [-0.25, -0.2) is 9.97 Å². The number of halogens is 5. The lowest BCUT2D eigenvalue weighted by Crippen LogP contribution is -2.52. The Morgan fingerprint density at radius 1 is 1.32 bits per heavy atom. The van der Waals surface area contributed by atoms with E-state index in [4.69, 9.17) is 28.9 Å². The molecule has 12 heteroatoms. The van der Waals surface area contributed by atoms with E-state index in [1.54, 1.807) is 6.20 Å². The van der Waals surface area contributed by atoms with Crippen LogP contribution in [0.4, 0.5) is 19.0 Å². The third-order valence-electron chi connectivity index (χ3n) is 5.24. The lowest BCUT2D eigenvalue weighted by atomic mass is 10.00. The number of nitrogens with one attached hydrogen (secondary N) is 2. The van der Waals surface area contributed by atoms with E-state index in [1.807, 2.05) is 4.90 Å². The minimum absolute atomic E-state index is 0.0456. The summed E-state index contributed by atoms with van der Waals surface area (Å²) in [7, 11) is 0. The van der Waals surface area contributed by atoms with Crippen LogP contribution in [-0.4, -0.2) is 46.0 Å². The number of nitrogens with two attached hydrogens (primary N) is 1. The Morgan fingerprint density at radius 2 is 2.10 bits per heavy atom. The third kappa shape index (κ3) is 4.15. The van der Waals surface area contributed by atoms with Gasteiger partial charge in [0.05, 0.1) is 32.1 Å². The molecule has 1 aliphatic heterocycles. The van der Waals surface area contributed by atoms with Crippen molar-refractivity contribution in [1.82, 2.24) is 20.3 Å². The number of fused-ring (bicyclic) bond motifs is 1. The number of nitrogens with zero attached hydrogens (tertiary/aromatic N) is 3. The fourth-order valence-corrected chi connectivity index (χ4v) is 4.20. The maximum atomic E-state index is 13.0. The van der Waals surface area contributed by atoms with E-state index in [-0.39, 0.29) is 12.1 Å². The fraction of sp³-hybridized carbons (Fsp3) is 0.316. The van der Waals surface area contributed by atoms with E-state index in [1.165, 1.54) is 12.4 Å². The van der Waals surface area contributed by atoms with Gasteiger partial charge in [0.25, 0.3) is 5.91 Å². The number of aromatic nitrogens is 3. The predicted molar refractivity (Wildman–Crippen MR) is 111 cm³/mol. The Balaban J connectivity index is 1.47. The quantitative estimate of drug-likeness (QED) is 0.538. The van der Waals surface area contributed by atoms with Crippen LogP contribution in [0.25, 0.3) is 11.0 Å². The van der Waals surface area contributed by atoms with Crippen molar-refractivity contribution in [2.24, 2.45) is 5.73 Å². The highest BCUT2D eigenvalue weighted by Crippen LogP contribution is 2.36. The number of aromatic amines is 1. The van der Waals surface area contributed by atoms with Crippen LogP contribution >= 0.6 is 23.2 Å². The molecule has 31 heavy (non-hydrogen) atoms. The smallest absolute Gasteiger partial charge is 0.354 e. The summed E-state index contributed by atoms with van der Waals surface area (Å²) in [5.41, 5.74) is 4.91. The lowest BCUT2D eigenvalue weighted by molar-refractivity contribution is -0.137. The van der Waals surface area contributed by atoms with Crippen LogP contribution in [0.2, 0.25) is 10.0 Å². The van der Waals surface area contributed by atoms with E-state index in [0.29, 0.717) is 41.4 Å². The Labute approximate surface area is 184 Å². The summed E-state index contributed by atoms with van der Waals surface area (Å²) in [5, 5.41) is 3.12. The molecule has 164 valence electrons. The number of amides is 1. The molecule has 3 heterocycles. The van der Waals surface area contributed by atoms with Crippen LogP contribution < -0.4 is 16.0 Å². The van der Waals surface area contributed by atoms with Crippen molar-refractivity contribution >= 4 is 46.0 Å². The monoisotopic (exact) mass is 472 g/mol. The molecule has 1 saturated heterocycles. The van der Waals surface area contributed by atoms with Gasteiger partial charge in [0.1, 0.15) is 17.8 Å². The van der Waals surface area contributed by atoms with Crippen molar-refractivity contribution in [2.45, 2.75) is 18.1 Å². The highest BCUT2D eigenvalue weighted by atomic mass is 35.5. The topological polar surface area (TPSA) is 99.9 Å². The molecular weight excluding hydrogens is 456 g/mol. The number of hydrogen-bond donors (Lipinski definition) is 3. The van der Waals surface area contributed by atoms with Gasteiger partial charge in [-0.2, -0.15) is 13.2 Å². The zero-order valence-electron chi connectivity index (χ0n) is 15.9. The van der Waals surface area contributed by atoms with E-state index in [0.717, 1.165) is 12.1 Å². The molecular formula is C19H17Cl2F3N6O. The van der Waals surface area contributed by atoms with Crippen LogP contribution in [0.15, 0.2) is 30.7 Å². The summed E-state index contributed by atoms with van der Waals surface area (Å²) in [6.45, 7) is 0.964. The zero-order chi connectivity index (χ0) is 22.4. The largest absolute Gasteiger partial charge is 0.417 e. The van der Waals surface area contributed by atoms with Crippen LogP contribution in [0.1, 0.15) is 22.3 Å². The zero-order valence-corrected chi connectivity index (χ0v) is 17.4. The molecule has 0 bridgehead atoms. The van der Waals surface area contributed by atoms with Crippen molar-refractivity contribution in [2.75, 3.05) is 24.5 Å². The number of benzene rings is 1. The first-order valence-corrected chi connectivity index (χ1v) is 10.00. The third-order valence-corrected chi connectivity index (χ3v) is 5.94. The lowest BCUT2D eigenvalue weighted by Gasteiger charge is -2.26. The highest BCUT2D eigenvalue weighted by Gasteiger charge is 2.37. The van der Waals surface area contributed by atoms with Crippen molar-refractivity contribution in [3.05, 3.63) is 51.9 Å². The maximum Gasteiger partial charge on any atom is 0.417 e. The predicted octanol–water partition coefficient (Wildman–Crippen LogP) is 3.62. The number of anilines is 1. The SMILES string of the molecule is N[C@]1(CNC(=O)c2cccc(C(F)(F)F)c2Cl)CCN(c2ncnc3[nH]cc(Cl)c23)C1. The van der Waals surface area contributed by atoms with Crippen LogP contribution in [0.3, 0.4) is 0 Å². The van der Waals surface area contributed by atoms with Crippen molar-refractivity contribution in [3.63, 3.8) is 0 Å². The molecule has 7 nitrogen and oxygen atoms in total. The van der Waals surface area contributed by atoms with Crippen molar-refractivity contribution in [1.29, 1.82) is 0 Å². The van der Waals surface area contributed by atoms with Gasteiger partial charge in [-0.3, -0.25) is 4.79 Å². The maximum absolute atomic E-state index is 13.0. The van der Waals surface area contributed by atoms with Crippen LogP contribution in [0.5, 0.6) is 0 Å². The molecule has 1 aliphatic rings. The first-order chi connectivity index (χ1) is 14.6. The Bertz CT molecular complexity index is 1150. The molecule has 0 radical (unpaired) electrons. The number of hydrogen-bond acceptors (Lipinski definition) is 5. The molecule has 1 aromatic carbocycles. The van der Waals surface area contributed by atoms with Crippen molar-refractivity contribution < 1.29 is 18.0 Å². The Morgan fingerprint density at radius 3 is 2.84 bits per heavy atom. The van der Waals surface area contributed by atoms with E-state index in [2.05, 4.69) is 20.3 Å². The molecule has 4 rings (SSSR count). The molecule has 1 amide bonds. The van der Waals surface area contributed by atoms with Gasteiger partial charge in [-0.15, -0.1) is 0 Å². The summed E-state index contributed by atoms with van der Waals surface area (Å²) >= 11 is 12.1. The minimum Gasteiger partial charge on any atom is -0.354 e. The van der Waals surface area contributed by atoms with E-state index < -0.39 is 28.2 Å². The normalized spacial score (nSPS) is 19.2. The highest BCUT2D eigenvalue weighted by molar-refractivity contribution is 6.36. The van der Waals surface area contributed by atoms with Gasteiger partial charge >= 0.3 is 6.18 Å². The Hall–Kier alpha value is -2.56. The Kier molecular flexibility index (Phi) is 5.48. The minimum atomic E-state index is -4.66. The molecule has 1 fully saturated rings. The van der Waals surface area contributed by atoms with Gasteiger partial charge < -0.3 is 20.9 Å². The van der Waals surface area contributed by atoms with Gasteiger partial charge in [0.15, 0.2) is 0 Å². The second kappa shape index (κ2) is 7.85. The summed E-state index contributed by atoms with van der Waals surface area (Å²) in [4.78, 5) is 25.9. The first-order valence-electron chi connectivity index (χ1n) is 9.24. The number of alkyl halides is 3. The number of H-pyrrole nitrogens is 1. The standard InChI is InChI=1S/C19H17Cl2F3N6O/c20-12-6-26-15-13(12)16(29-9-28-15)30-5-4-18(25,8-30)7-27-17(31)10-2-1-3-11(14(10)21)19(22,23)24/h1-3,6,9H,4-5,7-8,25H2,(H,27,31)(H,26,28,29)/t18-/m0/s1. The van der Waals surface area contributed by atoms with Gasteiger partial charge in [-0.05, 0) is 18.6 Å². The van der Waals surface area contributed by atoms with E-state index >= 15 is 0 Å². The fourth-order valence-electron chi connectivity index (χ4n) is 3.65. The molecule has 0 spiro atoms. The molecule has 1 atom stereocenters. The average Bonchev–Trinajstić information content (AvgIpc) is 3.29. The number of rotatable bonds is 4. The summed E-state index contributed by atoms with van der Waals surface area (Å²) in [5.74, 6) is -0.103. The number of carbonyl (C=O) groups excluding carboxylic acids is 1. The van der Waals surface area contributed by atoms with Crippen molar-refractivity contribution in [3.8, 4) is 0 Å². The van der Waals surface area contributed by atoms with Crippen LogP contribution in [-0.2, 0) is 6.18 Å². The summed E-state index contributed by atoms with van der Waals surface area (Å²) in [6, 6.07) is 3.20. The van der Waals surface area contributed by atoms with Gasteiger partial charge in [0.2, 0.25) is 0 Å². The van der Waals surface area contributed by atoms with Gasteiger partial charge in [0, 0.05) is 25.8 Å². The summed E-state index contributed by atoms with van der Waals surface area (Å²) in [6.07, 6.45) is -1.10. The second-order valence-electron chi connectivity index (χ2n) is 7.44. The number of carbonyl (C=O) groups is 1. The van der Waals surface area contributed by atoms with Crippen LogP contribution in [0, 0.1) is 0 Å². The molecule has 4 N–H and O–H groups in total. The second-order valence-corrected chi connectivity index (χ2v) is 8.22. The molecule has 0 saturated carbocycles. The molecule has 2 aromatic heterocycles.